The molecule has 4 rings (SSSR count). The number of benzene rings is 2. The first kappa shape index (κ1) is 19.8. The number of carbonyl (C=O) groups is 1. The van der Waals surface area contributed by atoms with Gasteiger partial charge in [-0.15, -0.1) is 12.4 Å². The molecule has 1 atom stereocenters. The maximum Gasteiger partial charge on any atom is 0.226 e. The Bertz CT molecular complexity index is 777. The normalized spacial score (nSPS) is 20.0. The predicted molar refractivity (Wildman–Crippen MR) is 107 cm³/mol. The van der Waals surface area contributed by atoms with Crippen molar-refractivity contribution >= 4 is 18.3 Å². The summed E-state index contributed by atoms with van der Waals surface area (Å²) < 4.78 is 14.2. The molecule has 2 fully saturated rings. The summed E-state index contributed by atoms with van der Waals surface area (Å²) in [6, 6.07) is 16.7. The molecule has 0 bridgehead atoms. The van der Waals surface area contributed by atoms with Gasteiger partial charge in [-0.25, -0.2) is 4.39 Å². The lowest BCUT2D eigenvalue weighted by Gasteiger charge is -2.27. The first-order valence-electron chi connectivity index (χ1n) is 9.45. The highest BCUT2D eigenvalue weighted by Crippen LogP contribution is 2.59. The van der Waals surface area contributed by atoms with Crippen molar-refractivity contribution in [2.24, 2.45) is 11.3 Å². The van der Waals surface area contributed by atoms with Gasteiger partial charge in [0.05, 0.1) is 0 Å². The van der Waals surface area contributed by atoms with Gasteiger partial charge < -0.3 is 10.2 Å². The fraction of sp³-hybridized carbons (Fsp3) is 0.409. The van der Waals surface area contributed by atoms with E-state index in [0.717, 1.165) is 37.9 Å². The molecule has 5 heteroatoms. The van der Waals surface area contributed by atoms with Gasteiger partial charge in [0.1, 0.15) is 5.82 Å². The standard InChI is InChI=1S/C22H25FN2O.ClH/c23-20-9-5-4-8-18(20)16-25(15-17-6-2-1-3-7-17)21(26)19-14-22(19)10-12-24-13-11-22;/h1-9,19,24H,10-16H2;1H. The number of piperidine rings is 1. The highest BCUT2D eigenvalue weighted by atomic mass is 35.5. The molecule has 1 aliphatic heterocycles. The molecular formula is C22H26ClFN2O. The van der Waals surface area contributed by atoms with E-state index in [1.807, 2.05) is 41.3 Å². The van der Waals surface area contributed by atoms with Gasteiger partial charge in [-0.2, -0.15) is 0 Å². The minimum absolute atomic E-state index is 0. The smallest absolute Gasteiger partial charge is 0.226 e. The number of hydrogen-bond donors (Lipinski definition) is 1. The second-order valence-electron chi connectivity index (χ2n) is 7.64. The minimum atomic E-state index is -0.245. The highest BCUT2D eigenvalue weighted by molar-refractivity contribution is 5.85. The van der Waals surface area contributed by atoms with Gasteiger partial charge in [-0.1, -0.05) is 48.5 Å². The average Bonchev–Trinajstić information content (AvgIpc) is 3.36. The molecule has 2 aliphatic rings. The molecule has 2 aromatic carbocycles. The van der Waals surface area contributed by atoms with E-state index in [2.05, 4.69) is 5.32 Å². The summed E-state index contributed by atoms with van der Waals surface area (Å²) >= 11 is 0. The third-order valence-corrected chi connectivity index (χ3v) is 5.93. The van der Waals surface area contributed by atoms with Crippen molar-refractivity contribution < 1.29 is 9.18 Å². The number of nitrogens with one attached hydrogen (secondary N) is 1. The largest absolute Gasteiger partial charge is 0.334 e. The SMILES string of the molecule is Cl.O=C(C1CC12CCNCC2)N(Cc1ccccc1)Cc1ccccc1F. The second kappa shape index (κ2) is 8.41. The van der Waals surface area contributed by atoms with Gasteiger partial charge in [0, 0.05) is 24.6 Å². The molecule has 1 saturated carbocycles. The van der Waals surface area contributed by atoms with E-state index in [0.29, 0.717) is 18.7 Å². The maximum absolute atomic E-state index is 14.2. The lowest BCUT2D eigenvalue weighted by Crippen LogP contribution is -2.36. The molecule has 0 aromatic heterocycles. The van der Waals surface area contributed by atoms with E-state index >= 15 is 0 Å². The minimum Gasteiger partial charge on any atom is -0.334 e. The lowest BCUT2D eigenvalue weighted by atomic mass is 9.91. The molecule has 2 aromatic rings. The molecule has 1 unspecified atom stereocenters. The molecule has 1 N–H and O–H groups in total. The van der Waals surface area contributed by atoms with Crippen LogP contribution in [0.2, 0.25) is 0 Å². The molecule has 0 radical (unpaired) electrons. The molecule has 1 amide bonds. The van der Waals surface area contributed by atoms with E-state index in [-0.39, 0.29) is 35.5 Å². The molecule has 27 heavy (non-hydrogen) atoms. The number of rotatable bonds is 5. The third kappa shape index (κ3) is 4.33. The topological polar surface area (TPSA) is 32.3 Å². The zero-order chi connectivity index (χ0) is 18.0. The van der Waals surface area contributed by atoms with Crippen molar-refractivity contribution in [3.8, 4) is 0 Å². The Balaban J connectivity index is 0.00000210. The van der Waals surface area contributed by atoms with Crippen LogP contribution in [0.25, 0.3) is 0 Å². The maximum atomic E-state index is 14.2. The van der Waals surface area contributed by atoms with Crippen LogP contribution < -0.4 is 5.32 Å². The Morgan fingerprint density at radius 3 is 2.41 bits per heavy atom. The summed E-state index contributed by atoms with van der Waals surface area (Å²) in [6.07, 6.45) is 3.13. The van der Waals surface area contributed by atoms with Crippen LogP contribution >= 0.6 is 12.4 Å². The summed E-state index contributed by atoms with van der Waals surface area (Å²) in [5.74, 6) is 0.0323. The Morgan fingerprint density at radius 2 is 1.70 bits per heavy atom. The van der Waals surface area contributed by atoms with Gasteiger partial charge in [-0.05, 0) is 49.4 Å². The van der Waals surface area contributed by atoms with Crippen molar-refractivity contribution in [3.63, 3.8) is 0 Å². The number of amides is 1. The first-order valence-corrected chi connectivity index (χ1v) is 9.45. The zero-order valence-electron chi connectivity index (χ0n) is 15.4. The van der Waals surface area contributed by atoms with E-state index < -0.39 is 0 Å². The Morgan fingerprint density at radius 1 is 1.04 bits per heavy atom. The third-order valence-electron chi connectivity index (χ3n) is 5.93. The van der Waals surface area contributed by atoms with Crippen LogP contribution in [-0.2, 0) is 17.9 Å². The number of hydrogen-bond acceptors (Lipinski definition) is 2. The van der Waals surface area contributed by atoms with Crippen molar-refractivity contribution in [1.29, 1.82) is 0 Å². The Kier molecular flexibility index (Phi) is 6.18. The van der Waals surface area contributed by atoms with Gasteiger partial charge in [-0.3, -0.25) is 4.79 Å². The summed E-state index contributed by atoms with van der Waals surface area (Å²) in [5, 5.41) is 3.38. The van der Waals surface area contributed by atoms with Crippen molar-refractivity contribution in [1.82, 2.24) is 10.2 Å². The van der Waals surface area contributed by atoms with Crippen LogP contribution in [0.15, 0.2) is 54.6 Å². The van der Waals surface area contributed by atoms with Crippen LogP contribution in [0.3, 0.4) is 0 Å². The van der Waals surface area contributed by atoms with Gasteiger partial charge in [0.25, 0.3) is 0 Å². The van der Waals surface area contributed by atoms with E-state index in [4.69, 9.17) is 0 Å². The molecular weight excluding hydrogens is 363 g/mol. The summed E-state index contributed by atoms with van der Waals surface area (Å²) in [6.45, 7) is 2.84. The molecule has 1 saturated heterocycles. The van der Waals surface area contributed by atoms with Crippen molar-refractivity contribution in [3.05, 3.63) is 71.5 Å². The van der Waals surface area contributed by atoms with Crippen molar-refractivity contribution in [2.75, 3.05) is 13.1 Å². The van der Waals surface area contributed by atoms with E-state index in [1.54, 1.807) is 12.1 Å². The monoisotopic (exact) mass is 388 g/mol. The van der Waals surface area contributed by atoms with Crippen LogP contribution in [0, 0.1) is 17.2 Å². The Hall–Kier alpha value is -1.91. The molecule has 144 valence electrons. The Labute approximate surface area is 166 Å². The predicted octanol–water partition coefficient (Wildman–Crippen LogP) is 4.17. The van der Waals surface area contributed by atoms with E-state index in [9.17, 15) is 9.18 Å². The fourth-order valence-electron chi connectivity index (χ4n) is 4.24. The molecule has 1 spiro atoms. The van der Waals surface area contributed by atoms with Gasteiger partial charge >= 0.3 is 0 Å². The number of carbonyl (C=O) groups excluding carboxylic acids is 1. The number of nitrogens with zero attached hydrogens (tertiary/aromatic N) is 1. The average molecular weight is 389 g/mol. The van der Waals surface area contributed by atoms with Crippen LogP contribution in [0.4, 0.5) is 4.39 Å². The van der Waals surface area contributed by atoms with E-state index in [1.165, 1.54) is 6.07 Å². The first-order chi connectivity index (χ1) is 12.7. The van der Waals surface area contributed by atoms with Gasteiger partial charge in [0.15, 0.2) is 0 Å². The summed E-state index contributed by atoms with van der Waals surface area (Å²) in [4.78, 5) is 15.1. The van der Waals surface area contributed by atoms with Gasteiger partial charge in [0.2, 0.25) is 5.91 Å². The molecule has 1 heterocycles. The lowest BCUT2D eigenvalue weighted by molar-refractivity contribution is -0.135. The van der Waals surface area contributed by atoms with Crippen molar-refractivity contribution in [2.45, 2.75) is 32.4 Å². The fourth-order valence-corrected chi connectivity index (χ4v) is 4.24. The molecule has 3 nitrogen and oxygen atoms in total. The summed E-state index contributed by atoms with van der Waals surface area (Å²) in [7, 11) is 0. The number of halogens is 2. The molecule has 1 aliphatic carbocycles. The van der Waals surface area contributed by atoms with Crippen LogP contribution in [-0.4, -0.2) is 23.9 Å². The second-order valence-corrected chi connectivity index (χ2v) is 7.64. The quantitative estimate of drug-likeness (QED) is 0.833. The highest BCUT2D eigenvalue weighted by Gasteiger charge is 2.58. The summed E-state index contributed by atoms with van der Waals surface area (Å²) in [5.41, 5.74) is 1.85. The van der Waals surface area contributed by atoms with Crippen LogP contribution in [0.1, 0.15) is 30.4 Å². The van der Waals surface area contributed by atoms with Crippen LogP contribution in [0.5, 0.6) is 0 Å². The zero-order valence-corrected chi connectivity index (χ0v) is 16.2.